The van der Waals surface area contributed by atoms with Crippen LogP contribution in [0.4, 0.5) is 0 Å². The number of rotatable bonds is 52. The first-order valence-electron chi connectivity index (χ1n) is 28.8. The van der Waals surface area contributed by atoms with Crippen LogP contribution >= 0.6 is 0 Å². The number of unbranched alkanes of at least 4 members (excludes halogenated alkanes) is 31. The van der Waals surface area contributed by atoms with Crippen molar-refractivity contribution in [2.75, 3.05) is 13.2 Å². The molecule has 0 saturated carbocycles. The minimum absolute atomic E-state index is 0.0828. The molecule has 0 aromatic carbocycles. The summed E-state index contributed by atoms with van der Waals surface area (Å²) in [5.41, 5.74) is 0. The van der Waals surface area contributed by atoms with Gasteiger partial charge in [-0.1, -0.05) is 229 Å². The lowest BCUT2D eigenvalue weighted by molar-refractivity contribution is -0.167. The highest BCUT2D eigenvalue weighted by molar-refractivity contribution is 5.71. The fraction of sp³-hybridized carbons (Fsp3) is 0.787. The Balaban J connectivity index is 4.40. The molecule has 0 spiro atoms. The zero-order chi connectivity index (χ0) is 48.6. The van der Waals surface area contributed by atoms with Gasteiger partial charge in [-0.25, -0.2) is 0 Å². The van der Waals surface area contributed by atoms with Gasteiger partial charge in [0.15, 0.2) is 6.10 Å². The van der Waals surface area contributed by atoms with Crippen molar-refractivity contribution in [3.63, 3.8) is 0 Å². The second kappa shape index (κ2) is 55.7. The van der Waals surface area contributed by atoms with E-state index >= 15 is 0 Å². The maximum atomic E-state index is 12.9. The summed E-state index contributed by atoms with van der Waals surface area (Å²) in [5, 5.41) is 0. The molecule has 0 aliphatic carbocycles. The van der Waals surface area contributed by atoms with Crippen LogP contribution in [0.25, 0.3) is 0 Å². The predicted octanol–water partition coefficient (Wildman–Crippen LogP) is 19.2. The van der Waals surface area contributed by atoms with Crippen LogP contribution in [0.1, 0.15) is 290 Å². The van der Waals surface area contributed by atoms with E-state index in [0.717, 1.165) is 96.3 Å². The van der Waals surface area contributed by atoms with Crippen LogP contribution in [0.15, 0.2) is 60.8 Å². The van der Waals surface area contributed by atoms with E-state index in [0.29, 0.717) is 19.3 Å². The van der Waals surface area contributed by atoms with Crippen molar-refractivity contribution in [3.05, 3.63) is 60.8 Å². The highest BCUT2D eigenvalue weighted by Crippen LogP contribution is 2.15. The molecule has 0 amide bonds. The van der Waals surface area contributed by atoms with Gasteiger partial charge in [-0.05, 0) is 103 Å². The first-order valence-corrected chi connectivity index (χ1v) is 28.8. The van der Waals surface area contributed by atoms with Crippen molar-refractivity contribution in [2.45, 2.75) is 297 Å². The summed E-state index contributed by atoms with van der Waals surface area (Å²) < 4.78 is 16.9. The molecule has 6 nitrogen and oxygen atoms in total. The average molecular weight is 938 g/mol. The first-order chi connectivity index (χ1) is 33.0. The molecule has 67 heavy (non-hydrogen) atoms. The van der Waals surface area contributed by atoms with Gasteiger partial charge >= 0.3 is 17.9 Å². The van der Waals surface area contributed by atoms with Crippen LogP contribution in [0.5, 0.6) is 0 Å². The summed E-state index contributed by atoms with van der Waals surface area (Å²) in [7, 11) is 0. The molecule has 0 heterocycles. The lowest BCUT2D eigenvalue weighted by Gasteiger charge is -2.18. The molecule has 0 aromatic rings. The Kier molecular flexibility index (Phi) is 53.3. The zero-order valence-corrected chi connectivity index (χ0v) is 44.4. The smallest absolute Gasteiger partial charge is 0.306 e. The van der Waals surface area contributed by atoms with Gasteiger partial charge in [-0.2, -0.15) is 0 Å². The van der Waals surface area contributed by atoms with Crippen LogP contribution < -0.4 is 0 Å². The molecule has 388 valence electrons. The number of hydrogen-bond donors (Lipinski definition) is 0. The Morgan fingerprint density at radius 3 is 0.925 bits per heavy atom. The van der Waals surface area contributed by atoms with Crippen molar-refractivity contribution in [3.8, 4) is 0 Å². The highest BCUT2D eigenvalue weighted by Gasteiger charge is 2.19. The van der Waals surface area contributed by atoms with E-state index in [2.05, 4.69) is 81.5 Å². The van der Waals surface area contributed by atoms with Crippen LogP contribution in [0.3, 0.4) is 0 Å². The summed E-state index contributed by atoms with van der Waals surface area (Å²) in [5.74, 6) is -0.898. The molecule has 0 bridgehead atoms. The molecular weight excluding hydrogens is 829 g/mol. The standard InChI is InChI=1S/C61H108O6/c1-4-7-10-13-16-19-22-25-28-30-33-36-39-42-45-48-51-54-60(63)66-57-58(56-65-59(62)53-50-47-44-41-38-35-32-27-24-21-18-15-12-9-6-3)67-61(64)55-52-49-46-43-40-37-34-31-29-26-23-20-17-14-11-8-5-2/h9,12,18,21,25-29,32,58H,4-8,10-11,13-17,19-20,22-24,30-31,33-57H2,1-3H3/b12-9-,21-18-,28-25-,29-26-,32-27-/t58-/m1/s1. The van der Waals surface area contributed by atoms with Crippen molar-refractivity contribution in [2.24, 2.45) is 0 Å². The summed E-state index contributed by atoms with van der Waals surface area (Å²) in [6.45, 7) is 6.52. The molecule has 6 heteroatoms. The van der Waals surface area contributed by atoms with E-state index < -0.39 is 6.10 Å². The van der Waals surface area contributed by atoms with Crippen LogP contribution in [0, 0.1) is 0 Å². The molecule has 0 N–H and O–H groups in total. The molecule has 0 radical (unpaired) electrons. The van der Waals surface area contributed by atoms with Crippen LogP contribution in [0.2, 0.25) is 0 Å². The molecule has 0 aliphatic heterocycles. The minimum atomic E-state index is -0.785. The molecular formula is C61H108O6. The Morgan fingerprint density at radius 2 is 0.582 bits per heavy atom. The quantitative estimate of drug-likeness (QED) is 0.0262. The first kappa shape index (κ1) is 64.1. The SMILES string of the molecule is CC/C=C\C/C=C\C/C=C\CCCCCCCC(=O)OC[C@H](COC(=O)CCCCCCCCC/C=C\CCCCCCCC)OC(=O)CCCCCCCCC/C=C\CCCCCCCC. The van der Waals surface area contributed by atoms with Crippen LogP contribution in [-0.4, -0.2) is 37.2 Å². The van der Waals surface area contributed by atoms with Gasteiger partial charge in [0.2, 0.25) is 0 Å². The second-order valence-corrected chi connectivity index (χ2v) is 19.2. The lowest BCUT2D eigenvalue weighted by atomic mass is 10.1. The maximum absolute atomic E-state index is 12.9. The minimum Gasteiger partial charge on any atom is -0.462 e. The van der Waals surface area contributed by atoms with Crippen molar-refractivity contribution in [1.82, 2.24) is 0 Å². The topological polar surface area (TPSA) is 78.9 Å². The third kappa shape index (κ3) is 53.9. The van der Waals surface area contributed by atoms with Gasteiger partial charge in [0, 0.05) is 19.3 Å². The summed E-state index contributed by atoms with van der Waals surface area (Å²) in [6, 6.07) is 0. The number of allylic oxidation sites excluding steroid dienone is 10. The average Bonchev–Trinajstić information content (AvgIpc) is 3.33. The molecule has 0 unspecified atom stereocenters. The lowest BCUT2D eigenvalue weighted by Crippen LogP contribution is -2.30. The van der Waals surface area contributed by atoms with E-state index in [1.165, 1.54) is 154 Å². The van der Waals surface area contributed by atoms with Gasteiger partial charge in [0.1, 0.15) is 13.2 Å². The van der Waals surface area contributed by atoms with Gasteiger partial charge in [0.25, 0.3) is 0 Å². The van der Waals surface area contributed by atoms with E-state index in [4.69, 9.17) is 14.2 Å². The third-order valence-corrected chi connectivity index (χ3v) is 12.5. The number of carbonyl (C=O) groups is 3. The van der Waals surface area contributed by atoms with E-state index in [-0.39, 0.29) is 31.1 Å². The predicted molar refractivity (Wildman–Crippen MR) is 288 cm³/mol. The number of ether oxygens (including phenoxy) is 3. The Morgan fingerprint density at radius 1 is 0.313 bits per heavy atom. The molecule has 0 aromatic heterocycles. The maximum Gasteiger partial charge on any atom is 0.306 e. The normalized spacial score (nSPS) is 12.5. The largest absolute Gasteiger partial charge is 0.462 e. The van der Waals surface area contributed by atoms with Gasteiger partial charge < -0.3 is 14.2 Å². The highest BCUT2D eigenvalue weighted by atomic mass is 16.6. The number of carbonyl (C=O) groups excluding carboxylic acids is 3. The summed E-state index contributed by atoms with van der Waals surface area (Å²) in [4.78, 5) is 38.2. The van der Waals surface area contributed by atoms with E-state index in [9.17, 15) is 14.4 Å². The molecule has 0 fully saturated rings. The van der Waals surface area contributed by atoms with Gasteiger partial charge in [0.05, 0.1) is 0 Å². The van der Waals surface area contributed by atoms with Crippen LogP contribution in [-0.2, 0) is 28.6 Å². The van der Waals surface area contributed by atoms with Crippen molar-refractivity contribution < 1.29 is 28.6 Å². The molecule has 1 atom stereocenters. The van der Waals surface area contributed by atoms with Crippen molar-refractivity contribution in [1.29, 1.82) is 0 Å². The second-order valence-electron chi connectivity index (χ2n) is 19.2. The third-order valence-electron chi connectivity index (χ3n) is 12.5. The summed E-state index contributed by atoms with van der Waals surface area (Å²) in [6.07, 6.45) is 69.2. The fourth-order valence-electron chi connectivity index (χ4n) is 8.15. The van der Waals surface area contributed by atoms with E-state index in [1.807, 2.05) is 0 Å². The molecule has 0 rings (SSSR count). The number of hydrogen-bond acceptors (Lipinski definition) is 6. The Bertz CT molecular complexity index is 1210. The zero-order valence-electron chi connectivity index (χ0n) is 44.4. The molecule has 0 saturated heterocycles. The number of esters is 3. The van der Waals surface area contributed by atoms with Gasteiger partial charge in [-0.3, -0.25) is 14.4 Å². The summed E-state index contributed by atoms with van der Waals surface area (Å²) >= 11 is 0. The Hall–Kier alpha value is -2.89. The molecule has 0 aliphatic rings. The van der Waals surface area contributed by atoms with Gasteiger partial charge in [-0.15, -0.1) is 0 Å². The Labute approximate surface area is 415 Å². The van der Waals surface area contributed by atoms with Crippen molar-refractivity contribution >= 4 is 17.9 Å². The fourth-order valence-corrected chi connectivity index (χ4v) is 8.15. The van der Waals surface area contributed by atoms with E-state index in [1.54, 1.807) is 0 Å². The monoisotopic (exact) mass is 937 g/mol.